The van der Waals surface area contributed by atoms with E-state index in [0.29, 0.717) is 0 Å². The Hall–Kier alpha value is -1.22. The lowest BCUT2D eigenvalue weighted by Crippen LogP contribution is -2.33. The molecule has 2 rings (SSSR count). The molecule has 1 unspecified atom stereocenters. The zero-order valence-corrected chi connectivity index (χ0v) is 12.5. The number of methoxy groups -OCH3 is 2. The summed E-state index contributed by atoms with van der Waals surface area (Å²) in [5, 5.41) is 0. The molecular weight excluding hydrogens is 238 g/mol. The van der Waals surface area contributed by atoms with Crippen LogP contribution >= 0.6 is 0 Å². The van der Waals surface area contributed by atoms with Crippen molar-refractivity contribution in [1.29, 1.82) is 0 Å². The monoisotopic (exact) mass is 263 g/mol. The average molecular weight is 263 g/mol. The number of likely N-dealkylation sites (tertiary alicyclic amines) is 1. The lowest BCUT2D eigenvalue weighted by atomic mass is 9.99. The molecule has 0 radical (unpaired) electrons. The predicted molar refractivity (Wildman–Crippen MR) is 78.0 cm³/mol. The Balaban J connectivity index is 2.17. The molecule has 1 saturated heterocycles. The maximum atomic E-state index is 5.58. The van der Waals surface area contributed by atoms with E-state index in [1.165, 1.54) is 31.5 Å². The summed E-state index contributed by atoms with van der Waals surface area (Å²) >= 11 is 0. The highest BCUT2D eigenvalue weighted by Gasteiger charge is 2.19. The molecule has 1 fully saturated rings. The van der Waals surface area contributed by atoms with E-state index in [0.717, 1.165) is 29.5 Å². The minimum absolute atomic E-state index is 0.805. The summed E-state index contributed by atoms with van der Waals surface area (Å²) < 4.78 is 10.9. The van der Waals surface area contributed by atoms with E-state index in [2.05, 4.69) is 24.8 Å². The van der Waals surface area contributed by atoms with Gasteiger partial charge in [-0.05, 0) is 38.3 Å². The maximum absolute atomic E-state index is 5.58. The molecule has 0 aliphatic carbocycles. The quantitative estimate of drug-likeness (QED) is 0.832. The highest BCUT2D eigenvalue weighted by Crippen LogP contribution is 2.32. The summed E-state index contributed by atoms with van der Waals surface area (Å²) in [4.78, 5) is 2.53. The highest BCUT2D eigenvalue weighted by atomic mass is 16.5. The molecule has 0 saturated carbocycles. The standard InChI is InChI=1S/C16H25NO2/c1-12-6-5-9-17(10-12)11-14-7-8-15(18-3)13(2)16(14)19-4/h7-8,12H,5-6,9-11H2,1-4H3. The first-order valence-corrected chi connectivity index (χ1v) is 7.08. The van der Waals surface area contributed by atoms with E-state index in [-0.39, 0.29) is 0 Å². The molecule has 1 aliphatic heterocycles. The van der Waals surface area contributed by atoms with Crippen LogP contribution in [0.2, 0.25) is 0 Å². The molecular formula is C16H25NO2. The van der Waals surface area contributed by atoms with Gasteiger partial charge in [0.25, 0.3) is 0 Å². The molecule has 1 aromatic rings. The first-order chi connectivity index (χ1) is 9.15. The van der Waals surface area contributed by atoms with Crippen LogP contribution in [0, 0.1) is 12.8 Å². The Morgan fingerprint density at radius 2 is 2.05 bits per heavy atom. The molecule has 0 amide bonds. The lowest BCUT2D eigenvalue weighted by Gasteiger charge is -2.31. The van der Waals surface area contributed by atoms with E-state index >= 15 is 0 Å². The van der Waals surface area contributed by atoms with Crippen molar-refractivity contribution in [3.05, 3.63) is 23.3 Å². The van der Waals surface area contributed by atoms with Gasteiger partial charge in [0, 0.05) is 24.2 Å². The van der Waals surface area contributed by atoms with Gasteiger partial charge in [-0.25, -0.2) is 0 Å². The third-order valence-corrected chi connectivity index (χ3v) is 4.00. The van der Waals surface area contributed by atoms with Gasteiger partial charge in [-0.1, -0.05) is 13.0 Å². The highest BCUT2D eigenvalue weighted by molar-refractivity contribution is 5.49. The summed E-state index contributed by atoms with van der Waals surface area (Å²) in [6.07, 6.45) is 2.66. The second-order valence-corrected chi connectivity index (χ2v) is 5.57. The zero-order valence-electron chi connectivity index (χ0n) is 12.5. The Bertz CT molecular complexity index is 431. The maximum Gasteiger partial charge on any atom is 0.129 e. The minimum atomic E-state index is 0.805. The largest absolute Gasteiger partial charge is 0.496 e. The second-order valence-electron chi connectivity index (χ2n) is 5.57. The molecule has 3 heteroatoms. The van der Waals surface area contributed by atoms with E-state index in [4.69, 9.17) is 9.47 Å². The molecule has 1 heterocycles. The number of hydrogen-bond donors (Lipinski definition) is 0. The lowest BCUT2D eigenvalue weighted by molar-refractivity contribution is 0.175. The Labute approximate surface area is 116 Å². The summed E-state index contributed by atoms with van der Waals surface area (Å²) in [6.45, 7) is 7.74. The third-order valence-electron chi connectivity index (χ3n) is 4.00. The first kappa shape index (κ1) is 14.2. The van der Waals surface area contributed by atoms with Crippen LogP contribution in [0.15, 0.2) is 12.1 Å². The number of piperidine rings is 1. The van der Waals surface area contributed by atoms with Crippen LogP contribution in [-0.2, 0) is 6.54 Å². The smallest absolute Gasteiger partial charge is 0.129 e. The zero-order chi connectivity index (χ0) is 13.8. The molecule has 0 bridgehead atoms. The summed E-state index contributed by atoms with van der Waals surface area (Å²) in [6, 6.07) is 4.17. The predicted octanol–water partition coefficient (Wildman–Crippen LogP) is 3.24. The van der Waals surface area contributed by atoms with Crippen LogP contribution in [-0.4, -0.2) is 32.2 Å². The third kappa shape index (κ3) is 3.21. The van der Waals surface area contributed by atoms with E-state index in [9.17, 15) is 0 Å². The van der Waals surface area contributed by atoms with E-state index in [1.807, 2.05) is 6.07 Å². The topological polar surface area (TPSA) is 21.7 Å². The summed E-state index contributed by atoms with van der Waals surface area (Å²) in [5.74, 6) is 2.67. The Morgan fingerprint density at radius 1 is 1.26 bits per heavy atom. The molecule has 0 aromatic heterocycles. The van der Waals surface area contributed by atoms with Crippen LogP contribution in [0.3, 0.4) is 0 Å². The molecule has 1 aliphatic rings. The number of ether oxygens (including phenoxy) is 2. The van der Waals surface area contributed by atoms with Crippen molar-refractivity contribution in [3.63, 3.8) is 0 Å². The van der Waals surface area contributed by atoms with Crippen molar-refractivity contribution in [2.24, 2.45) is 5.92 Å². The van der Waals surface area contributed by atoms with Gasteiger partial charge in [0.05, 0.1) is 14.2 Å². The SMILES string of the molecule is COc1ccc(CN2CCCC(C)C2)c(OC)c1C. The van der Waals surface area contributed by atoms with Crippen molar-refractivity contribution in [2.45, 2.75) is 33.2 Å². The van der Waals surface area contributed by atoms with Gasteiger partial charge in [0.15, 0.2) is 0 Å². The molecule has 1 aromatic carbocycles. The van der Waals surface area contributed by atoms with Gasteiger partial charge < -0.3 is 9.47 Å². The number of benzene rings is 1. The number of nitrogens with zero attached hydrogens (tertiary/aromatic N) is 1. The van der Waals surface area contributed by atoms with Gasteiger partial charge in [-0.3, -0.25) is 4.90 Å². The van der Waals surface area contributed by atoms with Crippen LogP contribution in [0.5, 0.6) is 11.5 Å². The van der Waals surface area contributed by atoms with E-state index < -0.39 is 0 Å². The van der Waals surface area contributed by atoms with Crippen molar-refractivity contribution in [2.75, 3.05) is 27.3 Å². The van der Waals surface area contributed by atoms with Gasteiger partial charge >= 0.3 is 0 Å². The summed E-state index contributed by atoms with van der Waals surface area (Å²) in [5.41, 5.74) is 2.35. The molecule has 0 N–H and O–H groups in total. The molecule has 0 spiro atoms. The van der Waals surface area contributed by atoms with Crippen LogP contribution in [0.1, 0.15) is 30.9 Å². The van der Waals surface area contributed by atoms with Gasteiger partial charge in [-0.15, -0.1) is 0 Å². The minimum Gasteiger partial charge on any atom is -0.496 e. The fourth-order valence-electron chi connectivity index (χ4n) is 3.03. The Morgan fingerprint density at radius 3 is 2.68 bits per heavy atom. The fraction of sp³-hybridized carbons (Fsp3) is 0.625. The first-order valence-electron chi connectivity index (χ1n) is 7.08. The van der Waals surface area contributed by atoms with Crippen LogP contribution in [0.4, 0.5) is 0 Å². The van der Waals surface area contributed by atoms with Crippen molar-refractivity contribution in [1.82, 2.24) is 4.90 Å². The van der Waals surface area contributed by atoms with Crippen LogP contribution in [0.25, 0.3) is 0 Å². The molecule has 3 nitrogen and oxygen atoms in total. The fourth-order valence-corrected chi connectivity index (χ4v) is 3.03. The van der Waals surface area contributed by atoms with Crippen molar-refractivity contribution < 1.29 is 9.47 Å². The van der Waals surface area contributed by atoms with Gasteiger partial charge in [-0.2, -0.15) is 0 Å². The van der Waals surface area contributed by atoms with Gasteiger partial charge in [0.1, 0.15) is 11.5 Å². The molecule has 19 heavy (non-hydrogen) atoms. The van der Waals surface area contributed by atoms with Crippen LogP contribution < -0.4 is 9.47 Å². The average Bonchev–Trinajstić information content (AvgIpc) is 2.39. The molecule has 1 atom stereocenters. The second kappa shape index (κ2) is 6.29. The van der Waals surface area contributed by atoms with Gasteiger partial charge in [0.2, 0.25) is 0 Å². The Kier molecular flexibility index (Phi) is 4.70. The number of rotatable bonds is 4. The normalized spacial score (nSPS) is 20.3. The number of hydrogen-bond acceptors (Lipinski definition) is 3. The van der Waals surface area contributed by atoms with E-state index in [1.54, 1.807) is 14.2 Å². The molecule has 106 valence electrons. The van der Waals surface area contributed by atoms with Crippen molar-refractivity contribution in [3.8, 4) is 11.5 Å². The summed E-state index contributed by atoms with van der Waals surface area (Å²) in [7, 11) is 3.44. The van der Waals surface area contributed by atoms with Crippen molar-refractivity contribution >= 4 is 0 Å².